The van der Waals surface area contributed by atoms with Crippen LogP contribution < -0.4 is 5.32 Å². The molecule has 1 aromatic carbocycles. The number of carbonyl (C=O) groups excluding carboxylic acids is 3. The van der Waals surface area contributed by atoms with Gasteiger partial charge in [0, 0.05) is 25.1 Å². The molecule has 0 bridgehead atoms. The van der Waals surface area contributed by atoms with Crippen LogP contribution in [-0.4, -0.2) is 35.6 Å². The normalized spacial score (nSPS) is 26.1. The van der Waals surface area contributed by atoms with E-state index < -0.39 is 5.41 Å². The summed E-state index contributed by atoms with van der Waals surface area (Å²) in [7, 11) is 0. The molecule has 5 nitrogen and oxygen atoms in total. The molecule has 5 heteroatoms. The molecule has 22 heavy (non-hydrogen) atoms. The number of likely N-dealkylation sites (tertiary alicyclic amines) is 1. The smallest absolute Gasteiger partial charge is 0.237 e. The van der Waals surface area contributed by atoms with Crippen LogP contribution in [0.3, 0.4) is 0 Å². The molecular formula is C17H20N2O3. The van der Waals surface area contributed by atoms with Crippen molar-refractivity contribution in [2.75, 3.05) is 11.9 Å². The Morgan fingerprint density at radius 2 is 2.23 bits per heavy atom. The van der Waals surface area contributed by atoms with Crippen LogP contribution in [0.1, 0.15) is 38.2 Å². The summed E-state index contributed by atoms with van der Waals surface area (Å²) in [6, 6.07) is 7.40. The number of ketones is 1. The molecule has 0 saturated carbocycles. The fourth-order valence-electron chi connectivity index (χ4n) is 3.84. The van der Waals surface area contributed by atoms with Crippen LogP contribution >= 0.6 is 0 Å². The summed E-state index contributed by atoms with van der Waals surface area (Å²) in [4.78, 5) is 37.5. The van der Waals surface area contributed by atoms with Gasteiger partial charge < -0.3 is 10.2 Å². The Kier molecular flexibility index (Phi) is 3.72. The molecule has 2 aliphatic heterocycles. The summed E-state index contributed by atoms with van der Waals surface area (Å²) in [5.41, 5.74) is 1.08. The zero-order chi connectivity index (χ0) is 15.7. The van der Waals surface area contributed by atoms with Gasteiger partial charge >= 0.3 is 0 Å². The van der Waals surface area contributed by atoms with Crippen molar-refractivity contribution in [3.63, 3.8) is 0 Å². The predicted molar refractivity (Wildman–Crippen MR) is 82.5 cm³/mol. The van der Waals surface area contributed by atoms with E-state index in [-0.39, 0.29) is 17.7 Å². The minimum atomic E-state index is -0.703. The van der Waals surface area contributed by atoms with Crippen LogP contribution in [0.15, 0.2) is 24.3 Å². The maximum absolute atomic E-state index is 12.7. The number of nitrogens with zero attached hydrogens (tertiary/aromatic N) is 1. The molecule has 116 valence electrons. The van der Waals surface area contributed by atoms with Crippen LogP contribution in [0.4, 0.5) is 5.69 Å². The van der Waals surface area contributed by atoms with Gasteiger partial charge in [0.15, 0.2) is 0 Å². The molecule has 0 radical (unpaired) electrons. The predicted octanol–water partition coefficient (Wildman–Crippen LogP) is 1.87. The number of anilines is 1. The average Bonchev–Trinajstić information content (AvgIpc) is 3.05. The molecule has 2 atom stereocenters. The van der Waals surface area contributed by atoms with E-state index in [1.807, 2.05) is 31.2 Å². The number of fused-ring (bicyclic) bond motifs is 2. The van der Waals surface area contributed by atoms with Gasteiger partial charge in [-0.15, -0.1) is 0 Å². The van der Waals surface area contributed by atoms with Gasteiger partial charge in [-0.25, -0.2) is 0 Å². The average molecular weight is 300 g/mol. The second-order valence-electron chi connectivity index (χ2n) is 6.01. The van der Waals surface area contributed by atoms with Crippen LogP contribution in [0.5, 0.6) is 0 Å². The Morgan fingerprint density at radius 1 is 1.45 bits per heavy atom. The highest BCUT2D eigenvalue weighted by atomic mass is 16.2. The third kappa shape index (κ3) is 2.03. The van der Waals surface area contributed by atoms with Gasteiger partial charge in [-0.2, -0.15) is 0 Å². The Labute approximate surface area is 129 Å². The number of hydrogen-bond acceptors (Lipinski definition) is 3. The molecule has 0 aliphatic carbocycles. The van der Waals surface area contributed by atoms with E-state index in [1.54, 1.807) is 4.90 Å². The van der Waals surface area contributed by atoms with E-state index >= 15 is 0 Å². The monoisotopic (exact) mass is 300 g/mol. The van der Waals surface area contributed by atoms with E-state index in [9.17, 15) is 14.4 Å². The highest BCUT2D eigenvalue weighted by molar-refractivity contribution is 6.07. The van der Waals surface area contributed by atoms with Crippen molar-refractivity contribution in [1.82, 2.24) is 4.90 Å². The maximum atomic E-state index is 12.7. The molecule has 1 spiro atoms. The van der Waals surface area contributed by atoms with E-state index in [1.165, 1.54) is 0 Å². The highest BCUT2D eigenvalue weighted by Crippen LogP contribution is 2.48. The molecule has 1 saturated heterocycles. The highest BCUT2D eigenvalue weighted by Gasteiger charge is 2.57. The van der Waals surface area contributed by atoms with Crippen molar-refractivity contribution in [2.45, 2.75) is 44.1 Å². The van der Waals surface area contributed by atoms with Gasteiger partial charge in [-0.3, -0.25) is 14.4 Å². The van der Waals surface area contributed by atoms with E-state index in [4.69, 9.17) is 0 Å². The summed E-state index contributed by atoms with van der Waals surface area (Å²) < 4.78 is 0. The standard InChI is InChI=1S/C17H20N2O3/c1-2-12(21)7-8-15-17(9-10-19(15)11-20)13-5-3-4-6-14(13)18-16(17)22/h3-6,11,15H,2,7-10H2,1H3,(H,18,22). The van der Waals surface area contributed by atoms with Crippen LogP contribution in [0.25, 0.3) is 0 Å². The lowest BCUT2D eigenvalue weighted by Gasteiger charge is -2.32. The van der Waals surface area contributed by atoms with Gasteiger partial charge in [0.25, 0.3) is 0 Å². The third-order valence-corrected chi connectivity index (χ3v) is 5.02. The minimum absolute atomic E-state index is 0.0491. The number of nitrogens with one attached hydrogen (secondary N) is 1. The number of hydrogen-bond donors (Lipinski definition) is 1. The van der Waals surface area contributed by atoms with Gasteiger partial charge in [-0.05, 0) is 24.5 Å². The lowest BCUT2D eigenvalue weighted by molar-refractivity contribution is -0.125. The Morgan fingerprint density at radius 3 is 2.95 bits per heavy atom. The molecule has 2 unspecified atom stereocenters. The number of amides is 2. The van der Waals surface area contributed by atoms with E-state index in [0.717, 1.165) is 17.7 Å². The summed E-state index contributed by atoms with van der Waals surface area (Å²) >= 11 is 0. The molecule has 1 aromatic rings. The van der Waals surface area contributed by atoms with Crippen LogP contribution in [-0.2, 0) is 19.8 Å². The van der Waals surface area contributed by atoms with Gasteiger partial charge in [0.1, 0.15) is 5.78 Å². The maximum Gasteiger partial charge on any atom is 0.237 e. The van der Waals surface area contributed by atoms with Gasteiger partial charge in [0.2, 0.25) is 12.3 Å². The van der Waals surface area contributed by atoms with Gasteiger partial charge in [0.05, 0.1) is 11.5 Å². The first-order valence-electron chi connectivity index (χ1n) is 7.77. The minimum Gasteiger partial charge on any atom is -0.341 e. The Hall–Kier alpha value is -2.17. The molecule has 2 amide bonds. The van der Waals surface area contributed by atoms with Crippen molar-refractivity contribution in [3.8, 4) is 0 Å². The molecule has 1 fully saturated rings. The summed E-state index contributed by atoms with van der Waals surface area (Å²) in [6.45, 7) is 2.39. The first kappa shape index (κ1) is 14.8. The van der Waals surface area contributed by atoms with Crippen molar-refractivity contribution in [1.29, 1.82) is 0 Å². The molecule has 1 N–H and O–H groups in total. The molecular weight excluding hydrogens is 280 g/mol. The number of carbonyl (C=O) groups is 3. The SMILES string of the molecule is CCC(=O)CCC1N(C=O)CCC12C(=O)Nc1ccccc12. The Balaban J connectivity index is 1.98. The molecule has 2 heterocycles. The lowest BCUT2D eigenvalue weighted by Crippen LogP contribution is -2.47. The zero-order valence-corrected chi connectivity index (χ0v) is 12.7. The third-order valence-electron chi connectivity index (χ3n) is 5.02. The molecule has 0 aromatic heterocycles. The lowest BCUT2D eigenvalue weighted by atomic mass is 9.73. The largest absolute Gasteiger partial charge is 0.341 e. The fraction of sp³-hybridized carbons (Fsp3) is 0.471. The van der Waals surface area contributed by atoms with Crippen LogP contribution in [0.2, 0.25) is 0 Å². The first-order chi connectivity index (χ1) is 10.6. The van der Waals surface area contributed by atoms with E-state index in [0.29, 0.717) is 32.2 Å². The summed E-state index contributed by atoms with van der Waals surface area (Å²) in [5.74, 6) is 0.117. The first-order valence-corrected chi connectivity index (χ1v) is 7.77. The molecule has 3 rings (SSSR count). The quantitative estimate of drug-likeness (QED) is 0.844. The second kappa shape index (κ2) is 5.55. The van der Waals surface area contributed by atoms with Crippen molar-refractivity contribution in [2.24, 2.45) is 0 Å². The van der Waals surface area contributed by atoms with Crippen molar-refractivity contribution < 1.29 is 14.4 Å². The summed E-state index contributed by atoms with van der Waals surface area (Å²) in [5, 5.41) is 2.94. The Bertz CT molecular complexity index is 628. The second-order valence-corrected chi connectivity index (χ2v) is 6.01. The topological polar surface area (TPSA) is 66.5 Å². The fourth-order valence-corrected chi connectivity index (χ4v) is 3.84. The van der Waals surface area contributed by atoms with Crippen molar-refractivity contribution >= 4 is 23.8 Å². The number of rotatable bonds is 5. The van der Waals surface area contributed by atoms with Crippen molar-refractivity contribution in [3.05, 3.63) is 29.8 Å². The van der Waals surface area contributed by atoms with Crippen LogP contribution in [0, 0.1) is 0 Å². The number of Topliss-reactive ketones (excluding diaryl/α,β-unsaturated/α-hetero) is 1. The molecule has 2 aliphatic rings. The van der Waals surface area contributed by atoms with Gasteiger partial charge in [-0.1, -0.05) is 25.1 Å². The zero-order valence-electron chi connectivity index (χ0n) is 12.7. The van der Waals surface area contributed by atoms with E-state index in [2.05, 4.69) is 5.32 Å². The summed E-state index contributed by atoms with van der Waals surface area (Å²) in [6.07, 6.45) is 2.85. The number of benzene rings is 1. The number of para-hydroxylation sites is 1.